The van der Waals surface area contributed by atoms with E-state index >= 15 is 0 Å². The Balaban J connectivity index is 1.83. The number of benzene rings is 1. The van der Waals surface area contributed by atoms with Crippen LogP contribution < -0.4 is 10.6 Å². The molecule has 4 rings (SSSR count). The molecule has 22 heavy (non-hydrogen) atoms. The first-order valence-electron chi connectivity index (χ1n) is 7.84. The number of hydrogen-bond acceptors (Lipinski definition) is 2. The fraction of sp³-hybridized carbons (Fsp3) is 0.263. The predicted molar refractivity (Wildman–Crippen MR) is 102 cm³/mol. The van der Waals surface area contributed by atoms with Crippen LogP contribution in [0.3, 0.4) is 0 Å². The maximum absolute atomic E-state index is 3.72. The fourth-order valence-electron chi connectivity index (χ4n) is 3.46. The molecule has 112 valence electrons. The van der Waals surface area contributed by atoms with E-state index in [1.165, 1.54) is 22.5 Å². The normalized spacial score (nSPS) is 29.2. The van der Waals surface area contributed by atoms with Gasteiger partial charge in [0.1, 0.15) is 4.05 Å². The van der Waals surface area contributed by atoms with Crippen molar-refractivity contribution in [2.75, 3.05) is 10.6 Å². The average Bonchev–Trinajstić information content (AvgIpc) is 2.61. The summed E-state index contributed by atoms with van der Waals surface area (Å²) in [6.45, 7) is 0. The highest BCUT2D eigenvalue weighted by molar-refractivity contribution is 14.1. The summed E-state index contributed by atoms with van der Waals surface area (Å²) < 4.78 is 0.296. The van der Waals surface area contributed by atoms with E-state index in [9.17, 15) is 0 Å². The van der Waals surface area contributed by atoms with Crippen molar-refractivity contribution in [1.29, 1.82) is 0 Å². The summed E-state index contributed by atoms with van der Waals surface area (Å²) in [6, 6.07) is 8.81. The van der Waals surface area contributed by atoms with Gasteiger partial charge in [-0.1, -0.05) is 71.2 Å². The minimum Gasteiger partial charge on any atom is -0.376 e. The predicted octanol–water partition coefficient (Wildman–Crippen LogP) is 5.04. The number of rotatable bonds is 0. The van der Waals surface area contributed by atoms with Gasteiger partial charge in [-0.2, -0.15) is 0 Å². The average molecular weight is 402 g/mol. The number of nitrogens with one attached hydrogen (secondary N) is 2. The number of alkyl halides is 1. The second kappa shape index (κ2) is 5.95. The summed E-state index contributed by atoms with van der Waals surface area (Å²) >= 11 is 2.52. The Kier molecular flexibility index (Phi) is 3.82. The fourth-order valence-corrected chi connectivity index (χ4v) is 4.41. The maximum Gasteiger partial charge on any atom is 0.104 e. The van der Waals surface area contributed by atoms with Gasteiger partial charge in [0.15, 0.2) is 0 Å². The van der Waals surface area contributed by atoms with Gasteiger partial charge in [0, 0.05) is 5.92 Å². The lowest BCUT2D eigenvalue weighted by Crippen LogP contribution is -2.30. The number of anilines is 2. The molecule has 0 aromatic heterocycles. The molecule has 0 saturated heterocycles. The summed E-state index contributed by atoms with van der Waals surface area (Å²) in [6.07, 6.45) is 16.1. The van der Waals surface area contributed by atoms with Gasteiger partial charge in [-0.25, -0.2) is 0 Å². The summed E-state index contributed by atoms with van der Waals surface area (Å²) in [7, 11) is 0. The molecule has 2 aliphatic carbocycles. The van der Waals surface area contributed by atoms with Gasteiger partial charge in [0.05, 0.1) is 17.4 Å². The Bertz CT molecular complexity index is 699. The maximum atomic E-state index is 3.72. The highest BCUT2D eigenvalue weighted by Gasteiger charge is 2.30. The number of para-hydroxylation sites is 2. The van der Waals surface area contributed by atoms with Gasteiger partial charge in [0.25, 0.3) is 0 Å². The van der Waals surface area contributed by atoms with E-state index in [4.69, 9.17) is 0 Å². The van der Waals surface area contributed by atoms with Crippen LogP contribution in [-0.4, -0.2) is 10.1 Å². The van der Waals surface area contributed by atoms with E-state index in [0.717, 1.165) is 12.8 Å². The number of halogens is 1. The van der Waals surface area contributed by atoms with E-state index in [1.54, 1.807) is 0 Å². The third-order valence-corrected chi connectivity index (χ3v) is 5.51. The molecule has 1 heterocycles. The first-order valence-corrected chi connectivity index (χ1v) is 9.09. The molecule has 0 spiro atoms. The van der Waals surface area contributed by atoms with Crippen LogP contribution in [0, 0.1) is 5.92 Å². The standard InChI is InChI=1S/C19H19IN2/c20-19-15-9-2-1-7-13(15)14-8-3-4-10-16(14)21-17-11-5-6-12-18(17)22-19/h3-12,14,16,19,21-22H,1-2H2. The molecular formula is C19H19IN2. The van der Waals surface area contributed by atoms with Gasteiger partial charge < -0.3 is 10.6 Å². The lowest BCUT2D eigenvalue weighted by molar-refractivity contribution is 0.681. The van der Waals surface area contributed by atoms with Crippen molar-refractivity contribution in [3.63, 3.8) is 0 Å². The van der Waals surface area contributed by atoms with Crippen LogP contribution in [0.4, 0.5) is 11.4 Å². The molecule has 0 saturated carbocycles. The molecule has 2 N–H and O–H groups in total. The van der Waals surface area contributed by atoms with Crippen molar-refractivity contribution in [3.8, 4) is 0 Å². The number of fused-ring (bicyclic) bond motifs is 4. The van der Waals surface area contributed by atoms with Gasteiger partial charge in [-0.3, -0.25) is 0 Å². The quantitative estimate of drug-likeness (QED) is 0.361. The Morgan fingerprint density at radius 3 is 2.36 bits per heavy atom. The van der Waals surface area contributed by atoms with Crippen LogP contribution in [0.2, 0.25) is 0 Å². The highest BCUT2D eigenvalue weighted by atomic mass is 127. The molecule has 3 aliphatic rings. The Morgan fingerprint density at radius 2 is 1.55 bits per heavy atom. The van der Waals surface area contributed by atoms with Gasteiger partial charge in [-0.15, -0.1) is 0 Å². The molecule has 1 aromatic carbocycles. The first kappa shape index (κ1) is 14.1. The van der Waals surface area contributed by atoms with Crippen molar-refractivity contribution >= 4 is 34.0 Å². The van der Waals surface area contributed by atoms with E-state index in [0.29, 0.717) is 16.0 Å². The van der Waals surface area contributed by atoms with Crippen LogP contribution in [0.1, 0.15) is 12.8 Å². The van der Waals surface area contributed by atoms with Crippen LogP contribution in [-0.2, 0) is 0 Å². The van der Waals surface area contributed by atoms with Gasteiger partial charge in [-0.05, 0) is 36.1 Å². The van der Waals surface area contributed by atoms with Gasteiger partial charge in [0.2, 0.25) is 0 Å². The van der Waals surface area contributed by atoms with Crippen molar-refractivity contribution in [2.45, 2.75) is 22.9 Å². The third-order valence-electron chi connectivity index (χ3n) is 4.53. The monoisotopic (exact) mass is 402 g/mol. The summed E-state index contributed by atoms with van der Waals surface area (Å²) in [5, 5.41) is 7.40. The largest absolute Gasteiger partial charge is 0.376 e. The van der Waals surface area contributed by atoms with Crippen molar-refractivity contribution < 1.29 is 0 Å². The summed E-state index contributed by atoms with van der Waals surface area (Å²) in [5.41, 5.74) is 5.28. The Labute approximate surface area is 145 Å². The van der Waals surface area contributed by atoms with Crippen molar-refractivity contribution in [3.05, 3.63) is 71.9 Å². The zero-order chi connectivity index (χ0) is 14.9. The molecule has 0 amide bonds. The van der Waals surface area contributed by atoms with Crippen molar-refractivity contribution in [1.82, 2.24) is 0 Å². The van der Waals surface area contributed by atoms with Crippen LogP contribution >= 0.6 is 22.6 Å². The smallest absolute Gasteiger partial charge is 0.104 e. The lowest BCUT2D eigenvalue weighted by atomic mass is 9.81. The minimum absolute atomic E-state index is 0.296. The molecule has 0 bridgehead atoms. The van der Waals surface area contributed by atoms with E-state index in [2.05, 4.69) is 93.9 Å². The summed E-state index contributed by atoms with van der Waals surface area (Å²) in [4.78, 5) is 0. The zero-order valence-corrected chi connectivity index (χ0v) is 14.5. The Hall–Kier alpha value is -1.49. The molecule has 2 nitrogen and oxygen atoms in total. The zero-order valence-electron chi connectivity index (χ0n) is 12.3. The summed E-state index contributed by atoms with van der Waals surface area (Å²) in [5.74, 6) is 0.404. The third kappa shape index (κ3) is 2.51. The topological polar surface area (TPSA) is 24.1 Å². The second-order valence-electron chi connectivity index (χ2n) is 5.91. The molecule has 1 aromatic rings. The first-order chi connectivity index (χ1) is 10.8. The number of allylic oxidation sites excluding steroid dienone is 4. The second-order valence-corrected chi connectivity index (χ2v) is 7.16. The Morgan fingerprint density at radius 1 is 0.864 bits per heavy atom. The van der Waals surface area contributed by atoms with Crippen LogP contribution in [0.15, 0.2) is 71.9 Å². The minimum atomic E-state index is 0.296. The van der Waals surface area contributed by atoms with Crippen LogP contribution in [0.5, 0.6) is 0 Å². The SMILES string of the molecule is IC1Nc2ccccc2NC2C=CC=CC2C2=CCCC=C21. The van der Waals surface area contributed by atoms with Crippen molar-refractivity contribution in [2.24, 2.45) is 5.92 Å². The van der Waals surface area contributed by atoms with E-state index in [-0.39, 0.29) is 0 Å². The molecule has 3 heteroatoms. The van der Waals surface area contributed by atoms with E-state index < -0.39 is 0 Å². The lowest BCUT2D eigenvalue weighted by Gasteiger charge is -2.30. The molecule has 3 unspecified atom stereocenters. The van der Waals surface area contributed by atoms with Crippen LogP contribution in [0.25, 0.3) is 0 Å². The molecular weight excluding hydrogens is 383 g/mol. The van der Waals surface area contributed by atoms with E-state index in [1.807, 2.05) is 0 Å². The highest BCUT2D eigenvalue weighted by Crippen LogP contribution is 2.39. The molecule has 0 radical (unpaired) electrons. The molecule has 1 aliphatic heterocycles. The van der Waals surface area contributed by atoms with Gasteiger partial charge >= 0.3 is 0 Å². The molecule has 0 fully saturated rings. The number of hydrogen-bond donors (Lipinski definition) is 2. The molecule has 3 atom stereocenters.